The van der Waals surface area contributed by atoms with Crippen molar-refractivity contribution in [1.82, 2.24) is 4.72 Å². The minimum Gasteiger partial charge on any atom is -0.381 e. The topological polar surface area (TPSA) is 55.4 Å². The number of halogens is 1. The van der Waals surface area contributed by atoms with Crippen LogP contribution in [0.3, 0.4) is 0 Å². The number of rotatable bonds is 5. The summed E-state index contributed by atoms with van der Waals surface area (Å²) in [6, 6.07) is 7.45. The zero-order chi connectivity index (χ0) is 15.5. The molecule has 2 rings (SSSR count). The van der Waals surface area contributed by atoms with Crippen molar-refractivity contribution in [3.63, 3.8) is 0 Å². The van der Waals surface area contributed by atoms with E-state index in [4.69, 9.17) is 16.3 Å². The van der Waals surface area contributed by atoms with Crippen molar-refractivity contribution in [2.24, 2.45) is 5.92 Å². The van der Waals surface area contributed by atoms with E-state index in [1.165, 1.54) is 0 Å². The zero-order valence-corrected chi connectivity index (χ0v) is 14.0. The Labute approximate surface area is 131 Å². The van der Waals surface area contributed by atoms with Crippen molar-refractivity contribution in [2.75, 3.05) is 13.2 Å². The Bertz CT molecular complexity index is 557. The van der Waals surface area contributed by atoms with E-state index in [1.807, 2.05) is 38.1 Å². The number of hydrogen-bond donors (Lipinski definition) is 1. The predicted octanol–water partition coefficient (Wildman–Crippen LogP) is 2.62. The van der Waals surface area contributed by atoms with Crippen LogP contribution in [0.1, 0.15) is 25.8 Å². The van der Waals surface area contributed by atoms with Crippen LogP contribution >= 0.6 is 11.6 Å². The smallest absolute Gasteiger partial charge is 0.215 e. The molecule has 2 atom stereocenters. The molecule has 0 aliphatic carbocycles. The van der Waals surface area contributed by atoms with E-state index in [-0.39, 0.29) is 12.0 Å². The van der Waals surface area contributed by atoms with Gasteiger partial charge in [-0.15, -0.1) is 0 Å². The molecule has 0 amide bonds. The van der Waals surface area contributed by atoms with E-state index < -0.39 is 15.3 Å². The molecule has 0 aromatic heterocycles. The van der Waals surface area contributed by atoms with Crippen LogP contribution in [0, 0.1) is 5.92 Å². The van der Waals surface area contributed by atoms with Gasteiger partial charge in [0.05, 0.1) is 11.9 Å². The standard InChI is InChI=1S/C15H22ClNO3S/c1-11(2)17-21(18,19)15-7-8-20-10-13(15)9-12-3-5-14(16)6-4-12/h3-6,11,13,15,17H,7-10H2,1-2H3/t13-,15+/m0/s1. The van der Waals surface area contributed by atoms with Gasteiger partial charge in [-0.2, -0.15) is 0 Å². The van der Waals surface area contributed by atoms with E-state index >= 15 is 0 Å². The maximum absolute atomic E-state index is 12.5. The van der Waals surface area contributed by atoms with Crippen LogP contribution in [0.4, 0.5) is 0 Å². The molecule has 1 fully saturated rings. The van der Waals surface area contributed by atoms with Crippen molar-refractivity contribution >= 4 is 21.6 Å². The molecule has 0 spiro atoms. The number of ether oxygens (including phenoxy) is 1. The highest BCUT2D eigenvalue weighted by atomic mass is 35.5. The van der Waals surface area contributed by atoms with Gasteiger partial charge in [0.2, 0.25) is 10.0 Å². The third kappa shape index (κ3) is 4.68. The van der Waals surface area contributed by atoms with Crippen LogP contribution in [0.5, 0.6) is 0 Å². The summed E-state index contributed by atoms with van der Waals surface area (Å²) in [5, 5.41) is 0.286. The molecule has 1 aliphatic heterocycles. The van der Waals surface area contributed by atoms with Gasteiger partial charge in [0.15, 0.2) is 0 Å². The second-order valence-electron chi connectivity index (χ2n) is 5.81. The van der Waals surface area contributed by atoms with E-state index in [0.29, 0.717) is 31.1 Å². The van der Waals surface area contributed by atoms with Crippen molar-refractivity contribution < 1.29 is 13.2 Å². The van der Waals surface area contributed by atoms with Gasteiger partial charge in [0, 0.05) is 23.6 Å². The Morgan fingerprint density at radius 2 is 2.00 bits per heavy atom. The monoisotopic (exact) mass is 331 g/mol. The predicted molar refractivity (Wildman–Crippen MR) is 85.1 cm³/mol. The van der Waals surface area contributed by atoms with Crippen LogP contribution in [0.15, 0.2) is 24.3 Å². The first-order valence-electron chi connectivity index (χ1n) is 7.22. The minimum absolute atomic E-state index is 0.0313. The molecular weight excluding hydrogens is 310 g/mol. The second kappa shape index (κ2) is 7.09. The lowest BCUT2D eigenvalue weighted by atomic mass is 9.94. The van der Waals surface area contributed by atoms with Gasteiger partial charge in [0.1, 0.15) is 0 Å². The third-order valence-electron chi connectivity index (χ3n) is 3.61. The number of hydrogen-bond acceptors (Lipinski definition) is 3. The van der Waals surface area contributed by atoms with Crippen LogP contribution in [-0.4, -0.2) is 32.9 Å². The van der Waals surface area contributed by atoms with Crippen LogP contribution < -0.4 is 4.72 Å². The largest absolute Gasteiger partial charge is 0.381 e. The molecular formula is C15H22ClNO3S. The zero-order valence-electron chi connectivity index (χ0n) is 12.4. The van der Waals surface area contributed by atoms with Gasteiger partial charge < -0.3 is 4.74 Å². The fourth-order valence-electron chi connectivity index (χ4n) is 2.72. The quantitative estimate of drug-likeness (QED) is 0.902. The summed E-state index contributed by atoms with van der Waals surface area (Å²) in [4.78, 5) is 0. The summed E-state index contributed by atoms with van der Waals surface area (Å²) in [5.41, 5.74) is 1.08. The Morgan fingerprint density at radius 3 is 2.62 bits per heavy atom. The SMILES string of the molecule is CC(C)NS(=O)(=O)[C@@H]1CCOC[C@@H]1Cc1ccc(Cl)cc1. The molecule has 1 aromatic rings. The van der Waals surface area contributed by atoms with Gasteiger partial charge in [-0.3, -0.25) is 0 Å². The van der Waals surface area contributed by atoms with Gasteiger partial charge in [0.25, 0.3) is 0 Å². The van der Waals surface area contributed by atoms with Crippen molar-refractivity contribution in [3.05, 3.63) is 34.9 Å². The molecule has 118 valence electrons. The molecule has 1 saturated heterocycles. The van der Waals surface area contributed by atoms with Gasteiger partial charge in [-0.05, 0) is 44.4 Å². The van der Waals surface area contributed by atoms with Gasteiger partial charge in [-0.25, -0.2) is 13.1 Å². The molecule has 0 saturated carbocycles. The van der Waals surface area contributed by atoms with Crippen molar-refractivity contribution in [3.8, 4) is 0 Å². The second-order valence-corrected chi connectivity index (χ2v) is 8.18. The highest BCUT2D eigenvalue weighted by Gasteiger charge is 2.36. The summed E-state index contributed by atoms with van der Waals surface area (Å²) in [6.07, 6.45) is 1.22. The van der Waals surface area contributed by atoms with Crippen LogP contribution in [0.25, 0.3) is 0 Å². The van der Waals surface area contributed by atoms with Crippen LogP contribution in [0.2, 0.25) is 5.02 Å². The first-order valence-corrected chi connectivity index (χ1v) is 9.14. The Balaban J connectivity index is 2.13. The minimum atomic E-state index is -3.32. The summed E-state index contributed by atoms with van der Waals surface area (Å²) in [7, 11) is -3.32. The number of benzene rings is 1. The lowest BCUT2D eigenvalue weighted by Gasteiger charge is -2.32. The lowest BCUT2D eigenvalue weighted by Crippen LogP contribution is -2.46. The molecule has 4 nitrogen and oxygen atoms in total. The fraction of sp³-hybridized carbons (Fsp3) is 0.600. The van der Waals surface area contributed by atoms with Crippen molar-refractivity contribution in [1.29, 1.82) is 0 Å². The molecule has 0 radical (unpaired) electrons. The average Bonchev–Trinajstić information content (AvgIpc) is 2.40. The molecule has 1 aliphatic rings. The summed E-state index contributed by atoms with van der Waals surface area (Å²) in [6.45, 7) is 4.66. The average molecular weight is 332 g/mol. The summed E-state index contributed by atoms with van der Waals surface area (Å²) >= 11 is 5.88. The molecule has 1 heterocycles. The molecule has 21 heavy (non-hydrogen) atoms. The van der Waals surface area contributed by atoms with Gasteiger partial charge >= 0.3 is 0 Å². The Kier molecular flexibility index (Phi) is 5.66. The van der Waals surface area contributed by atoms with E-state index in [2.05, 4.69) is 4.72 Å². The molecule has 1 N–H and O–H groups in total. The maximum atomic E-state index is 12.5. The fourth-order valence-corrected chi connectivity index (χ4v) is 4.76. The van der Waals surface area contributed by atoms with E-state index in [1.54, 1.807) is 0 Å². The van der Waals surface area contributed by atoms with Crippen molar-refractivity contribution in [2.45, 2.75) is 38.0 Å². The normalized spacial score (nSPS) is 23.4. The highest BCUT2D eigenvalue weighted by Crippen LogP contribution is 2.26. The Morgan fingerprint density at radius 1 is 1.33 bits per heavy atom. The van der Waals surface area contributed by atoms with Crippen LogP contribution in [-0.2, 0) is 21.2 Å². The first kappa shape index (κ1) is 16.7. The number of sulfonamides is 1. The number of nitrogens with one attached hydrogen (secondary N) is 1. The van der Waals surface area contributed by atoms with Gasteiger partial charge in [-0.1, -0.05) is 23.7 Å². The highest BCUT2D eigenvalue weighted by molar-refractivity contribution is 7.90. The van der Waals surface area contributed by atoms with E-state index in [9.17, 15) is 8.42 Å². The summed E-state index contributed by atoms with van der Waals surface area (Å²) in [5.74, 6) is -0.0313. The van der Waals surface area contributed by atoms with E-state index in [0.717, 1.165) is 5.56 Å². The third-order valence-corrected chi connectivity index (χ3v) is 6.08. The summed E-state index contributed by atoms with van der Waals surface area (Å²) < 4.78 is 33.1. The maximum Gasteiger partial charge on any atom is 0.215 e. The first-order chi connectivity index (χ1) is 9.88. The Hall–Kier alpha value is -0.620. The molecule has 6 heteroatoms. The lowest BCUT2D eigenvalue weighted by molar-refractivity contribution is 0.0569. The molecule has 0 bridgehead atoms. The molecule has 0 unspecified atom stereocenters. The molecule has 1 aromatic carbocycles.